The van der Waals surface area contributed by atoms with Crippen molar-refractivity contribution in [3.63, 3.8) is 0 Å². The summed E-state index contributed by atoms with van der Waals surface area (Å²) in [5, 5.41) is 9.87. The average molecular weight is 460 g/mol. The molecule has 33 heavy (non-hydrogen) atoms. The lowest BCUT2D eigenvalue weighted by atomic mass is 9.94. The third-order valence-corrected chi connectivity index (χ3v) is 5.70. The highest BCUT2D eigenvalue weighted by Crippen LogP contribution is 2.44. The van der Waals surface area contributed by atoms with Crippen LogP contribution in [0.2, 0.25) is 0 Å². The molecule has 0 fully saturated rings. The maximum absolute atomic E-state index is 13.8. The smallest absolute Gasteiger partial charge is 0.363 e. The Morgan fingerprint density at radius 1 is 1.12 bits per heavy atom. The third-order valence-electron chi connectivity index (χ3n) is 5.70. The Balaban J connectivity index is 1.60. The zero-order valence-electron chi connectivity index (χ0n) is 18.2. The number of nitrogens with one attached hydrogen (secondary N) is 2. The Bertz CT molecular complexity index is 1120. The van der Waals surface area contributed by atoms with E-state index in [1.807, 2.05) is 0 Å². The molecule has 0 spiro atoms. The van der Waals surface area contributed by atoms with Gasteiger partial charge in [-0.3, -0.25) is 4.79 Å². The van der Waals surface area contributed by atoms with Crippen molar-refractivity contribution in [1.82, 2.24) is 15.1 Å². The summed E-state index contributed by atoms with van der Waals surface area (Å²) in [6, 6.07) is 12.3. The molecule has 1 amide bonds. The second kappa shape index (κ2) is 8.53. The van der Waals surface area contributed by atoms with Crippen LogP contribution in [0.25, 0.3) is 0 Å². The molecule has 0 bridgehead atoms. The Hall–Kier alpha value is -3.36. The van der Waals surface area contributed by atoms with Gasteiger partial charge in [0.1, 0.15) is 17.2 Å². The van der Waals surface area contributed by atoms with Crippen molar-refractivity contribution >= 4 is 11.7 Å². The molecule has 0 aliphatic carbocycles. The summed E-state index contributed by atoms with van der Waals surface area (Å²) in [5.74, 6) is -0.858. The van der Waals surface area contributed by atoms with Gasteiger partial charge in [-0.2, -0.15) is 18.3 Å². The maximum atomic E-state index is 13.8. The first-order chi connectivity index (χ1) is 15.5. The number of hydrogen-bond acceptors (Lipinski definition) is 3. The minimum atomic E-state index is -4.52. The minimum Gasteiger partial charge on any atom is -0.363 e. The fourth-order valence-corrected chi connectivity index (χ4v) is 4.16. The van der Waals surface area contributed by atoms with Gasteiger partial charge in [-0.15, -0.1) is 0 Å². The average Bonchev–Trinajstić information content (AvgIpc) is 3.18. The number of carbonyl (C=O) groups excluding carboxylic acids is 1. The van der Waals surface area contributed by atoms with E-state index < -0.39 is 29.7 Å². The predicted molar refractivity (Wildman–Crippen MR) is 116 cm³/mol. The Morgan fingerprint density at radius 3 is 2.42 bits per heavy atom. The second-order valence-corrected chi connectivity index (χ2v) is 8.89. The maximum Gasteiger partial charge on any atom is 0.410 e. The summed E-state index contributed by atoms with van der Waals surface area (Å²) in [5.41, 5.74) is 0.818. The van der Waals surface area contributed by atoms with Crippen LogP contribution in [0.4, 0.5) is 23.4 Å². The van der Waals surface area contributed by atoms with Crippen molar-refractivity contribution < 1.29 is 22.4 Å². The summed E-state index contributed by atoms with van der Waals surface area (Å²) in [4.78, 5) is 13.1. The first-order valence-electron chi connectivity index (χ1n) is 10.6. The normalized spacial score (nSPS) is 18.4. The van der Waals surface area contributed by atoms with E-state index in [0.717, 1.165) is 16.4 Å². The molecule has 0 saturated carbocycles. The van der Waals surface area contributed by atoms with E-state index in [9.17, 15) is 22.4 Å². The van der Waals surface area contributed by atoms with Crippen molar-refractivity contribution in [2.45, 2.75) is 50.5 Å². The van der Waals surface area contributed by atoms with Gasteiger partial charge in [0.15, 0.2) is 6.04 Å². The number of hydrogen-bond donors (Lipinski definition) is 2. The summed E-state index contributed by atoms with van der Waals surface area (Å²) >= 11 is 0. The van der Waals surface area contributed by atoms with Gasteiger partial charge in [0.2, 0.25) is 0 Å². The molecule has 0 saturated heterocycles. The van der Waals surface area contributed by atoms with Gasteiger partial charge >= 0.3 is 6.18 Å². The van der Waals surface area contributed by atoms with Crippen LogP contribution in [0, 0.1) is 5.82 Å². The lowest BCUT2D eigenvalue weighted by Crippen LogP contribution is -2.45. The highest BCUT2D eigenvalue weighted by molar-refractivity contribution is 5.99. The van der Waals surface area contributed by atoms with Crippen LogP contribution in [-0.2, 0) is 6.42 Å². The van der Waals surface area contributed by atoms with Crippen molar-refractivity contribution in [1.29, 1.82) is 0 Å². The van der Waals surface area contributed by atoms with Crippen LogP contribution in [0.15, 0.2) is 60.8 Å². The molecule has 2 aromatic carbocycles. The molecule has 2 heterocycles. The highest BCUT2D eigenvalue weighted by atomic mass is 19.4. The summed E-state index contributed by atoms with van der Waals surface area (Å²) in [6.45, 7) is 3.59. The van der Waals surface area contributed by atoms with Crippen LogP contribution in [-0.4, -0.2) is 27.4 Å². The Kier molecular flexibility index (Phi) is 5.90. The highest BCUT2D eigenvalue weighted by Gasteiger charge is 2.47. The number of aromatic nitrogens is 2. The molecule has 174 valence electrons. The van der Waals surface area contributed by atoms with E-state index in [1.54, 1.807) is 56.3 Å². The van der Waals surface area contributed by atoms with Crippen molar-refractivity contribution in [3.05, 3.63) is 83.3 Å². The van der Waals surface area contributed by atoms with Gasteiger partial charge in [0, 0.05) is 12.0 Å². The topological polar surface area (TPSA) is 59.0 Å². The molecule has 1 aliphatic heterocycles. The van der Waals surface area contributed by atoms with Gasteiger partial charge in [0.05, 0.1) is 12.2 Å². The summed E-state index contributed by atoms with van der Waals surface area (Å²) in [7, 11) is 0. The van der Waals surface area contributed by atoms with Gasteiger partial charge in [-0.25, -0.2) is 9.07 Å². The van der Waals surface area contributed by atoms with Gasteiger partial charge in [-0.1, -0.05) is 42.5 Å². The molecule has 1 aromatic heterocycles. The Labute approximate surface area is 188 Å². The summed E-state index contributed by atoms with van der Waals surface area (Å²) < 4.78 is 55.6. The molecular weight excluding hydrogens is 436 g/mol. The lowest BCUT2D eigenvalue weighted by molar-refractivity contribution is -0.173. The van der Waals surface area contributed by atoms with E-state index in [1.165, 1.54) is 12.1 Å². The largest absolute Gasteiger partial charge is 0.410 e. The van der Waals surface area contributed by atoms with Crippen LogP contribution >= 0.6 is 0 Å². The first kappa shape index (κ1) is 22.8. The van der Waals surface area contributed by atoms with Crippen LogP contribution < -0.4 is 10.6 Å². The number of carbonyl (C=O) groups is 1. The predicted octanol–water partition coefficient (Wildman–Crippen LogP) is 5.43. The summed E-state index contributed by atoms with van der Waals surface area (Å²) in [6.07, 6.45) is -3.18. The molecule has 5 nitrogen and oxygen atoms in total. The van der Waals surface area contributed by atoms with E-state index in [2.05, 4.69) is 15.7 Å². The van der Waals surface area contributed by atoms with Gasteiger partial charge in [0.25, 0.3) is 5.91 Å². The van der Waals surface area contributed by atoms with Crippen LogP contribution in [0.5, 0.6) is 0 Å². The molecule has 2 N–H and O–H groups in total. The van der Waals surface area contributed by atoms with Crippen molar-refractivity contribution in [2.24, 2.45) is 0 Å². The first-order valence-corrected chi connectivity index (χ1v) is 10.6. The fraction of sp³-hybridized carbons (Fsp3) is 0.333. The number of nitrogens with zero attached hydrogens (tertiary/aromatic N) is 2. The molecule has 1 aliphatic rings. The van der Waals surface area contributed by atoms with Crippen LogP contribution in [0.1, 0.15) is 53.8 Å². The standard InChI is InChI=1S/C24H24F4N4O/c1-23(2,13-15-8-10-17(25)11-9-15)31-22(33)18-14-29-32-20(24(26,27)28)12-19(30-21(18)32)16-6-4-3-5-7-16/h3-11,14,19-20,30H,12-13H2,1-2H3,(H,31,33)/t19-,20+/m1/s1. The number of anilines is 1. The third kappa shape index (κ3) is 5.02. The van der Waals surface area contributed by atoms with E-state index in [0.29, 0.717) is 12.0 Å². The molecule has 0 unspecified atom stereocenters. The number of fused-ring (bicyclic) bond motifs is 1. The number of benzene rings is 2. The molecule has 4 rings (SSSR count). The zero-order chi connectivity index (χ0) is 23.8. The number of amides is 1. The minimum absolute atomic E-state index is 0.0347. The lowest BCUT2D eigenvalue weighted by Gasteiger charge is -2.34. The monoisotopic (exact) mass is 460 g/mol. The molecule has 0 radical (unpaired) electrons. The quantitative estimate of drug-likeness (QED) is 0.499. The van der Waals surface area contributed by atoms with Crippen molar-refractivity contribution in [3.8, 4) is 0 Å². The fourth-order valence-electron chi connectivity index (χ4n) is 4.16. The molecule has 9 heteroatoms. The molecule has 2 atom stereocenters. The Morgan fingerprint density at radius 2 is 1.79 bits per heavy atom. The van der Waals surface area contributed by atoms with Gasteiger partial charge in [-0.05, 0) is 43.5 Å². The second-order valence-electron chi connectivity index (χ2n) is 8.89. The van der Waals surface area contributed by atoms with Crippen LogP contribution in [0.3, 0.4) is 0 Å². The van der Waals surface area contributed by atoms with Gasteiger partial charge < -0.3 is 10.6 Å². The number of halogens is 4. The van der Waals surface area contributed by atoms with Crippen molar-refractivity contribution in [2.75, 3.05) is 5.32 Å². The molecule has 3 aromatic rings. The number of rotatable bonds is 5. The van der Waals surface area contributed by atoms with E-state index in [4.69, 9.17) is 0 Å². The zero-order valence-corrected chi connectivity index (χ0v) is 18.2. The number of alkyl halides is 3. The van der Waals surface area contributed by atoms with E-state index >= 15 is 0 Å². The SMILES string of the molecule is CC(C)(Cc1ccc(F)cc1)NC(=O)c1cnn2c1N[C@@H](c1ccccc1)C[C@H]2C(F)(F)F. The van der Waals surface area contributed by atoms with E-state index in [-0.39, 0.29) is 23.6 Å². The molecular formula is C24H24F4N4O.